The van der Waals surface area contributed by atoms with Gasteiger partial charge in [-0.2, -0.15) is 21.9 Å². The number of imide groups is 1. The zero-order chi connectivity index (χ0) is 23.8. The fourth-order valence-corrected chi connectivity index (χ4v) is 4.18. The minimum absolute atomic E-state index is 0.185. The van der Waals surface area contributed by atoms with Gasteiger partial charge in [-0.25, -0.2) is 4.79 Å². The van der Waals surface area contributed by atoms with Crippen molar-refractivity contribution in [3.63, 3.8) is 0 Å². The number of aryl methyl sites for hydroxylation is 1. The number of benzene rings is 2. The van der Waals surface area contributed by atoms with Crippen LogP contribution < -0.4 is 16.0 Å². The summed E-state index contributed by atoms with van der Waals surface area (Å²) >= 11 is 0.864. The first kappa shape index (κ1) is 22.4. The predicted molar refractivity (Wildman–Crippen MR) is 112 cm³/mol. The van der Waals surface area contributed by atoms with Crippen molar-refractivity contribution in [3.8, 4) is 11.1 Å². The first-order valence-electron chi connectivity index (χ1n) is 9.60. The van der Waals surface area contributed by atoms with Crippen molar-refractivity contribution in [1.82, 2.24) is 24.7 Å². The number of rotatable bonds is 5. The maximum Gasteiger partial charge on any atom is 0.416 e. The fourth-order valence-electron chi connectivity index (χ4n) is 3.56. The second-order valence-electron chi connectivity index (χ2n) is 7.32. The number of hydrogen-bond donors (Lipinski definition) is 3. The molecule has 4 amide bonds. The molecule has 0 spiro atoms. The molecule has 0 radical (unpaired) electrons. The van der Waals surface area contributed by atoms with E-state index in [2.05, 4.69) is 24.7 Å². The summed E-state index contributed by atoms with van der Waals surface area (Å²) in [5, 5.41) is 7.30. The van der Waals surface area contributed by atoms with Crippen molar-refractivity contribution in [2.45, 2.75) is 18.6 Å². The molecule has 3 aromatic rings. The summed E-state index contributed by atoms with van der Waals surface area (Å²) in [5.74, 6) is -1.26. The lowest BCUT2D eigenvalue weighted by atomic mass is 9.93. The summed E-state index contributed by atoms with van der Waals surface area (Å²) in [5.41, 5.74) is -0.786. The van der Waals surface area contributed by atoms with Crippen LogP contribution in [-0.2, 0) is 16.5 Å². The molecule has 0 aliphatic carbocycles. The molecule has 0 saturated carbocycles. The van der Waals surface area contributed by atoms with Crippen LogP contribution in [0.2, 0.25) is 0 Å². The Hall–Kier alpha value is -3.80. The Morgan fingerprint density at radius 1 is 1.09 bits per heavy atom. The lowest BCUT2D eigenvalue weighted by Gasteiger charge is -2.25. The van der Waals surface area contributed by atoms with Crippen molar-refractivity contribution in [2.24, 2.45) is 0 Å². The summed E-state index contributed by atoms with van der Waals surface area (Å²) in [6.07, 6.45) is -4.47. The molecule has 33 heavy (non-hydrogen) atoms. The summed E-state index contributed by atoms with van der Waals surface area (Å²) < 4.78 is 46.8. The summed E-state index contributed by atoms with van der Waals surface area (Å²) in [6.45, 7) is 1.32. The van der Waals surface area contributed by atoms with Crippen LogP contribution in [0.25, 0.3) is 11.1 Å². The Morgan fingerprint density at radius 2 is 1.79 bits per heavy atom. The van der Waals surface area contributed by atoms with E-state index in [0.717, 1.165) is 23.9 Å². The van der Waals surface area contributed by atoms with E-state index in [9.17, 15) is 27.6 Å². The summed E-state index contributed by atoms with van der Waals surface area (Å²) in [6, 6.07) is 10.1. The van der Waals surface area contributed by atoms with E-state index in [1.165, 1.54) is 18.2 Å². The van der Waals surface area contributed by atoms with E-state index < -0.39 is 35.1 Å². The van der Waals surface area contributed by atoms with Crippen molar-refractivity contribution < 1.29 is 27.6 Å². The Morgan fingerprint density at radius 3 is 2.36 bits per heavy atom. The Labute approximate surface area is 189 Å². The first-order chi connectivity index (χ1) is 15.6. The maximum atomic E-state index is 13.0. The van der Waals surface area contributed by atoms with Gasteiger partial charge in [0, 0.05) is 5.56 Å². The lowest BCUT2D eigenvalue weighted by molar-refractivity contribution is -0.137. The number of amides is 4. The average molecular weight is 475 g/mol. The lowest BCUT2D eigenvalue weighted by Crippen LogP contribution is -2.53. The zero-order valence-electron chi connectivity index (χ0n) is 17.0. The molecular weight excluding hydrogens is 459 g/mol. The molecule has 170 valence electrons. The highest BCUT2D eigenvalue weighted by Crippen LogP contribution is 2.32. The normalized spacial score (nSPS) is 18.1. The molecule has 2 aromatic carbocycles. The number of aromatic nitrogens is 2. The van der Waals surface area contributed by atoms with Gasteiger partial charge < -0.3 is 10.6 Å². The molecule has 4 rings (SSSR count). The number of urea groups is 1. The maximum absolute atomic E-state index is 13.0. The van der Waals surface area contributed by atoms with Crippen LogP contribution in [0.5, 0.6) is 0 Å². The van der Waals surface area contributed by atoms with Crippen LogP contribution in [-0.4, -0.2) is 33.1 Å². The number of alkyl halides is 3. The van der Waals surface area contributed by atoms with Crippen molar-refractivity contribution >= 4 is 29.6 Å². The zero-order valence-corrected chi connectivity index (χ0v) is 17.8. The third-order valence-corrected chi connectivity index (χ3v) is 5.83. The molecule has 1 saturated heterocycles. The Kier molecular flexibility index (Phi) is 5.62. The first-order valence-corrected chi connectivity index (χ1v) is 10.3. The van der Waals surface area contributed by atoms with Crippen molar-refractivity contribution in [2.75, 3.05) is 6.54 Å². The van der Waals surface area contributed by atoms with E-state index in [0.29, 0.717) is 16.8 Å². The third-order valence-electron chi connectivity index (χ3n) is 5.21. The standard InChI is InChI=1S/C21H16F3N5O3S/c1-11-16(29-33-28-11)20(18(31)26-19(32)27-20)10-25-17(30)15-5-3-2-4-14(15)12-6-8-13(9-7-12)21(22,23)24/h2-9H,10H2,1H3,(H,25,30)(H2,26,27,31,32). The van der Waals surface area contributed by atoms with Crippen molar-refractivity contribution in [3.05, 3.63) is 71.0 Å². The minimum Gasteiger partial charge on any atom is -0.349 e. The summed E-state index contributed by atoms with van der Waals surface area (Å²) in [7, 11) is 0. The number of carbonyl (C=O) groups excluding carboxylic acids is 3. The number of halogens is 3. The van der Waals surface area contributed by atoms with Gasteiger partial charge in [0.1, 0.15) is 5.69 Å². The molecule has 1 aromatic heterocycles. The van der Waals surface area contributed by atoms with Crippen LogP contribution in [0.4, 0.5) is 18.0 Å². The highest BCUT2D eigenvalue weighted by atomic mass is 32.1. The molecule has 2 heterocycles. The van der Waals surface area contributed by atoms with Crippen LogP contribution in [0.1, 0.15) is 27.3 Å². The molecule has 8 nitrogen and oxygen atoms in total. The average Bonchev–Trinajstić information content (AvgIpc) is 3.34. The SMILES string of the molecule is Cc1nsnc1C1(CNC(=O)c2ccccc2-c2ccc(C(F)(F)F)cc2)NC(=O)NC1=O. The molecular formula is C21H16F3N5O3S. The molecule has 1 aliphatic heterocycles. The van der Waals surface area contributed by atoms with E-state index in [1.54, 1.807) is 25.1 Å². The van der Waals surface area contributed by atoms with E-state index >= 15 is 0 Å². The fraction of sp³-hybridized carbons (Fsp3) is 0.190. The van der Waals surface area contributed by atoms with Crippen LogP contribution in [0, 0.1) is 6.92 Å². The molecule has 12 heteroatoms. The molecule has 1 aliphatic rings. The molecule has 1 fully saturated rings. The second-order valence-corrected chi connectivity index (χ2v) is 7.84. The van der Waals surface area contributed by atoms with Crippen LogP contribution >= 0.6 is 11.7 Å². The largest absolute Gasteiger partial charge is 0.416 e. The minimum atomic E-state index is -4.47. The van der Waals surface area contributed by atoms with Crippen LogP contribution in [0.15, 0.2) is 48.5 Å². The number of carbonyl (C=O) groups is 3. The topological polar surface area (TPSA) is 113 Å². The highest BCUT2D eigenvalue weighted by molar-refractivity contribution is 6.99. The third kappa shape index (κ3) is 4.16. The quantitative estimate of drug-likeness (QED) is 0.491. The Bertz CT molecular complexity index is 1240. The van der Waals surface area contributed by atoms with E-state index in [-0.39, 0.29) is 17.8 Å². The van der Waals surface area contributed by atoms with Crippen molar-refractivity contribution in [1.29, 1.82) is 0 Å². The number of nitrogens with one attached hydrogen (secondary N) is 3. The van der Waals surface area contributed by atoms with Gasteiger partial charge in [-0.1, -0.05) is 30.3 Å². The van der Waals surface area contributed by atoms with Gasteiger partial charge in [0.05, 0.1) is 29.5 Å². The van der Waals surface area contributed by atoms with Gasteiger partial charge in [0.15, 0.2) is 5.54 Å². The van der Waals surface area contributed by atoms with E-state index in [4.69, 9.17) is 0 Å². The highest BCUT2D eigenvalue weighted by Gasteiger charge is 2.51. The van der Waals surface area contributed by atoms with E-state index in [1.807, 2.05) is 0 Å². The molecule has 1 atom stereocenters. The molecule has 1 unspecified atom stereocenters. The van der Waals surface area contributed by atoms with Gasteiger partial charge in [-0.15, -0.1) is 0 Å². The van der Waals surface area contributed by atoms with Gasteiger partial charge in [-0.3, -0.25) is 14.9 Å². The summed E-state index contributed by atoms with van der Waals surface area (Å²) in [4.78, 5) is 37.5. The smallest absolute Gasteiger partial charge is 0.349 e. The van der Waals surface area contributed by atoms with Gasteiger partial charge in [0.25, 0.3) is 11.8 Å². The number of nitrogens with zero attached hydrogens (tertiary/aromatic N) is 2. The van der Waals surface area contributed by atoms with Crippen LogP contribution in [0.3, 0.4) is 0 Å². The Balaban J connectivity index is 1.61. The number of hydrogen-bond acceptors (Lipinski definition) is 6. The second kappa shape index (κ2) is 8.28. The van der Waals surface area contributed by atoms with Gasteiger partial charge >= 0.3 is 12.2 Å². The van der Waals surface area contributed by atoms with Gasteiger partial charge in [0.2, 0.25) is 0 Å². The molecule has 0 bridgehead atoms. The predicted octanol–water partition coefficient (Wildman–Crippen LogP) is 3.00. The molecule has 3 N–H and O–H groups in total. The monoisotopic (exact) mass is 475 g/mol. The van der Waals surface area contributed by atoms with Gasteiger partial charge in [-0.05, 0) is 36.2 Å².